The quantitative estimate of drug-likeness (QED) is 0.136. The summed E-state index contributed by atoms with van der Waals surface area (Å²) in [6, 6.07) is 9.02. The van der Waals surface area contributed by atoms with E-state index >= 15 is 0 Å². The van der Waals surface area contributed by atoms with Crippen LogP contribution in [0.5, 0.6) is 5.75 Å². The molecule has 1 aromatic carbocycles. The molecular weight excluding hydrogens is 514 g/mol. The molecule has 0 saturated carbocycles. The Bertz CT molecular complexity index is 1150. The van der Waals surface area contributed by atoms with Crippen LogP contribution in [0.1, 0.15) is 32.3 Å². The van der Waals surface area contributed by atoms with Crippen molar-refractivity contribution in [2.24, 2.45) is 4.99 Å². The molecule has 0 radical (unpaired) electrons. The number of aliphatic imine (C=N–C) groups is 1. The first kappa shape index (κ1) is 31.9. The molecule has 2 heterocycles. The molecule has 0 aliphatic carbocycles. The van der Waals surface area contributed by atoms with Crippen LogP contribution in [0.15, 0.2) is 89.2 Å². The number of likely N-dealkylation sites (tertiary alicyclic amines) is 1. The highest BCUT2D eigenvalue weighted by Crippen LogP contribution is 2.21. The lowest BCUT2D eigenvalue weighted by Gasteiger charge is -2.43. The van der Waals surface area contributed by atoms with Crippen LogP contribution in [0, 0.1) is 0 Å². The highest BCUT2D eigenvalue weighted by molar-refractivity contribution is 6.02. The number of aliphatic hydroxyl groups is 1. The Hall–Kier alpha value is -3.62. The van der Waals surface area contributed by atoms with Crippen molar-refractivity contribution in [1.29, 1.82) is 0 Å². The molecule has 0 bridgehead atoms. The number of carbonyl (C=O) groups is 1. The van der Waals surface area contributed by atoms with Gasteiger partial charge in [0.2, 0.25) is 0 Å². The monoisotopic (exact) mass is 561 g/mol. The van der Waals surface area contributed by atoms with Crippen molar-refractivity contribution < 1.29 is 14.6 Å². The van der Waals surface area contributed by atoms with E-state index in [0.29, 0.717) is 18.2 Å². The number of ether oxygens (including phenoxy) is 1. The van der Waals surface area contributed by atoms with Crippen molar-refractivity contribution in [2.75, 3.05) is 60.0 Å². The van der Waals surface area contributed by atoms with Gasteiger partial charge in [-0.05, 0) is 81.3 Å². The average Bonchev–Trinajstić information content (AvgIpc) is 3.00. The Labute approximate surface area is 246 Å². The Morgan fingerprint density at radius 2 is 1.80 bits per heavy atom. The standard InChI is InChI=1S/C33H47N5O3/c1-6-30(39)10-8-7-9-17-35-33(40)27(3)24-26(2)32(34-4)38-22-20-37(21-23-38)29-15-18-36(19-16-29)25-28-11-13-31(41-5)14-12-28/h6-14,24,29,39H,3,15-23,25H2,1-2,4-5H3,(H,35,40)/b9-7+,10-8-,26-24-,30-6+,34-32?. The number of aliphatic hydroxyl groups excluding tert-OH is 1. The summed E-state index contributed by atoms with van der Waals surface area (Å²) in [6.45, 7) is 15.2. The fraction of sp³-hybridized carbons (Fsp3) is 0.455. The number of nitrogens with one attached hydrogen (secondary N) is 1. The number of rotatable bonds is 11. The van der Waals surface area contributed by atoms with Gasteiger partial charge in [-0.1, -0.05) is 36.9 Å². The van der Waals surface area contributed by atoms with E-state index < -0.39 is 0 Å². The summed E-state index contributed by atoms with van der Waals surface area (Å²) < 4.78 is 5.28. The van der Waals surface area contributed by atoms with Crippen LogP contribution in [0.25, 0.3) is 0 Å². The number of nitrogens with zero attached hydrogens (tertiary/aromatic N) is 4. The lowest BCUT2D eigenvalue weighted by atomic mass is 10.0. The number of piperazine rings is 1. The van der Waals surface area contributed by atoms with E-state index in [2.05, 4.69) is 43.7 Å². The normalized spacial score (nSPS) is 18.8. The van der Waals surface area contributed by atoms with Gasteiger partial charge in [0.25, 0.3) is 5.91 Å². The zero-order valence-corrected chi connectivity index (χ0v) is 25.2. The molecular formula is C33H47N5O3. The van der Waals surface area contributed by atoms with Crippen molar-refractivity contribution >= 4 is 11.7 Å². The Morgan fingerprint density at radius 3 is 2.41 bits per heavy atom. The number of amides is 1. The molecule has 2 fully saturated rings. The van der Waals surface area contributed by atoms with Gasteiger partial charge in [0.15, 0.2) is 0 Å². The van der Waals surface area contributed by atoms with E-state index in [1.165, 1.54) is 18.4 Å². The summed E-state index contributed by atoms with van der Waals surface area (Å²) >= 11 is 0. The van der Waals surface area contributed by atoms with Gasteiger partial charge in [0, 0.05) is 57.9 Å². The Morgan fingerprint density at radius 1 is 1.12 bits per heavy atom. The summed E-state index contributed by atoms with van der Waals surface area (Å²) in [6.07, 6.45) is 12.7. The number of piperidine rings is 1. The number of benzene rings is 1. The second kappa shape index (κ2) is 16.6. The molecule has 2 aliphatic rings. The Kier molecular flexibility index (Phi) is 12.9. The lowest BCUT2D eigenvalue weighted by molar-refractivity contribution is -0.116. The van der Waals surface area contributed by atoms with E-state index in [0.717, 1.165) is 63.0 Å². The summed E-state index contributed by atoms with van der Waals surface area (Å²) in [4.78, 5) is 24.6. The first-order valence-corrected chi connectivity index (χ1v) is 14.5. The summed E-state index contributed by atoms with van der Waals surface area (Å²) in [5, 5.41) is 12.2. The van der Waals surface area contributed by atoms with Crippen molar-refractivity contribution in [3.05, 3.63) is 89.8 Å². The number of methoxy groups -OCH3 is 1. The zero-order chi connectivity index (χ0) is 29.6. The fourth-order valence-corrected chi connectivity index (χ4v) is 5.35. The molecule has 8 nitrogen and oxygen atoms in total. The number of allylic oxidation sites excluding steroid dienone is 4. The van der Waals surface area contributed by atoms with E-state index in [9.17, 15) is 9.90 Å². The Balaban J connectivity index is 1.41. The number of hydrogen-bond donors (Lipinski definition) is 2. The molecule has 1 aromatic rings. The number of carbonyl (C=O) groups excluding carboxylic acids is 1. The van der Waals surface area contributed by atoms with Crippen LogP contribution in [0.3, 0.4) is 0 Å². The maximum atomic E-state index is 12.5. The number of hydrogen-bond acceptors (Lipinski definition) is 6. The van der Waals surface area contributed by atoms with Crippen molar-refractivity contribution in [2.45, 2.75) is 39.3 Å². The summed E-state index contributed by atoms with van der Waals surface area (Å²) in [5.74, 6) is 1.81. The van der Waals surface area contributed by atoms with E-state index in [1.807, 2.05) is 38.3 Å². The predicted octanol–water partition coefficient (Wildman–Crippen LogP) is 4.50. The highest BCUT2D eigenvalue weighted by Gasteiger charge is 2.28. The van der Waals surface area contributed by atoms with Gasteiger partial charge >= 0.3 is 0 Å². The molecule has 41 heavy (non-hydrogen) atoms. The molecule has 2 aliphatic heterocycles. The van der Waals surface area contributed by atoms with Crippen LogP contribution in [0.2, 0.25) is 0 Å². The molecule has 0 atom stereocenters. The first-order valence-electron chi connectivity index (χ1n) is 14.5. The molecule has 2 N–H and O–H groups in total. The van der Waals surface area contributed by atoms with Crippen molar-refractivity contribution in [3.63, 3.8) is 0 Å². The molecule has 0 aromatic heterocycles. The summed E-state index contributed by atoms with van der Waals surface area (Å²) in [5.41, 5.74) is 2.67. The lowest BCUT2D eigenvalue weighted by Crippen LogP contribution is -2.54. The molecule has 222 valence electrons. The first-order chi connectivity index (χ1) is 19.8. The molecule has 2 saturated heterocycles. The smallest absolute Gasteiger partial charge is 0.250 e. The van der Waals surface area contributed by atoms with Crippen LogP contribution in [0.4, 0.5) is 0 Å². The van der Waals surface area contributed by atoms with Crippen LogP contribution >= 0.6 is 0 Å². The zero-order valence-electron chi connectivity index (χ0n) is 25.2. The highest BCUT2D eigenvalue weighted by atomic mass is 16.5. The third kappa shape index (κ3) is 10.1. The minimum absolute atomic E-state index is 0.199. The van der Waals surface area contributed by atoms with Crippen molar-refractivity contribution in [1.82, 2.24) is 20.0 Å². The van der Waals surface area contributed by atoms with Crippen LogP contribution in [-0.4, -0.2) is 97.6 Å². The topological polar surface area (TPSA) is 80.6 Å². The van der Waals surface area contributed by atoms with E-state index in [1.54, 1.807) is 38.3 Å². The third-order valence-electron chi connectivity index (χ3n) is 7.69. The molecule has 0 unspecified atom stereocenters. The van der Waals surface area contributed by atoms with E-state index in [4.69, 9.17) is 4.74 Å². The average molecular weight is 562 g/mol. The predicted molar refractivity (Wildman–Crippen MR) is 168 cm³/mol. The molecule has 8 heteroatoms. The third-order valence-corrected chi connectivity index (χ3v) is 7.69. The maximum Gasteiger partial charge on any atom is 0.250 e. The van der Waals surface area contributed by atoms with Gasteiger partial charge < -0.3 is 20.1 Å². The van der Waals surface area contributed by atoms with Gasteiger partial charge in [0.1, 0.15) is 17.3 Å². The van der Waals surface area contributed by atoms with Gasteiger partial charge in [-0.3, -0.25) is 19.6 Å². The van der Waals surface area contributed by atoms with Gasteiger partial charge in [-0.25, -0.2) is 0 Å². The SMILES string of the molecule is C=C(/C=C(/C)C(=NC)N1CCN(C2CCN(Cc3ccc(OC)cc3)CC2)CC1)C(=O)NC/C=C/C=C\C(O)=C/C. The van der Waals surface area contributed by atoms with Crippen LogP contribution < -0.4 is 10.1 Å². The van der Waals surface area contributed by atoms with E-state index in [-0.39, 0.29) is 11.7 Å². The van der Waals surface area contributed by atoms with Gasteiger partial charge in [0.05, 0.1) is 7.11 Å². The number of amidine groups is 1. The largest absolute Gasteiger partial charge is 0.508 e. The molecule has 3 rings (SSSR count). The van der Waals surface area contributed by atoms with Crippen molar-refractivity contribution in [3.8, 4) is 5.75 Å². The molecule has 1 amide bonds. The van der Waals surface area contributed by atoms with Gasteiger partial charge in [-0.2, -0.15) is 0 Å². The van der Waals surface area contributed by atoms with Gasteiger partial charge in [-0.15, -0.1) is 0 Å². The minimum Gasteiger partial charge on any atom is -0.508 e. The molecule has 0 spiro atoms. The van der Waals surface area contributed by atoms with Crippen LogP contribution in [-0.2, 0) is 11.3 Å². The summed E-state index contributed by atoms with van der Waals surface area (Å²) in [7, 11) is 3.51. The second-order valence-electron chi connectivity index (χ2n) is 10.5. The maximum absolute atomic E-state index is 12.5. The minimum atomic E-state index is -0.215. The second-order valence-corrected chi connectivity index (χ2v) is 10.5. The fourth-order valence-electron chi connectivity index (χ4n) is 5.35.